The maximum atomic E-state index is 13.2. The van der Waals surface area contributed by atoms with Gasteiger partial charge >= 0.3 is 0 Å². The van der Waals surface area contributed by atoms with Gasteiger partial charge in [-0.25, -0.2) is 12.8 Å². The third kappa shape index (κ3) is 2.04. The van der Waals surface area contributed by atoms with Crippen molar-refractivity contribution in [3.63, 3.8) is 0 Å². The number of H-pyrrole nitrogens is 1. The maximum absolute atomic E-state index is 13.2. The molecule has 0 amide bonds. The molecule has 0 atom stereocenters. The highest BCUT2D eigenvalue weighted by Crippen LogP contribution is 2.29. The van der Waals surface area contributed by atoms with Gasteiger partial charge in [-0.05, 0) is 30.7 Å². The Kier molecular flexibility index (Phi) is 2.87. The van der Waals surface area contributed by atoms with Crippen LogP contribution in [0.1, 0.15) is 18.2 Å². The van der Waals surface area contributed by atoms with E-state index in [4.69, 9.17) is 0 Å². The second-order valence-corrected chi connectivity index (χ2v) is 7.01. The zero-order chi connectivity index (χ0) is 13.6. The van der Waals surface area contributed by atoms with E-state index >= 15 is 0 Å². The molecule has 0 bridgehead atoms. The molecule has 0 saturated carbocycles. The van der Waals surface area contributed by atoms with Crippen molar-refractivity contribution in [2.24, 2.45) is 0 Å². The third-order valence-corrected chi connectivity index (χ3v) is 5.49. The smallest absolute Gasteiger partial charge is 0.214 e. The normalized spacial score (nSPS) is 16.7. The van der Waals surface area contributed by atoms with Crippen molar-refractivity contribution in [3.05, 3.63) is 35.3 Å². The fourth-order valence-corrected chi connectivity index (χ4v) is 3.65. The van der Waals surface area contributed by atoms with Gasteiger partial charge in [-0.15, -0.1) is 0 Å². The van der Waals surface area contributed by atoms with E-state index in [1.165, 1.54) is 16.4 Å². The number of halogens is 1. The molecule has 1 N–H and O–H groups in total. The Bertz CT molecular complexity index is 736. The number of hydrogen-bond acceptors (Lipinski definition) is 2. The first-order chi connectivity index (χ1) is 9.01. The number of benzene rings is 1. The number of hydrogen-bond donors (Lipinski definition) is 1. The number of fused-ring (bicyclic) bond motifs is 3. The number of aromatic nitrogens is 1. The molecular weight excluding hydrogens is 267 g/mol. The first-order valence-corrected chi connectivity index (χ1v) is 7.89. The summed E-state index contributed by atoms with van der Waals surface area (Å²) in [5.74, 6) is -0.177. The van der Waals surface area contributed by atoms with Gasteiger partial charge in [0.05, 0.1) is 5.75 Å². The van der Waals surface area contributed by atoms with Gasteiger partial charge < -0.3 is 4.98 Å². The Morgan fingerprint density at radius 2 is 2.21 bits per heavy atom. The number of aromatic amines is 1. The molecule has 1 aromatic carbocycles. The molecule has 19 heavy (non-hydrogen) atoms. The quantitative estimate of drug-likeness (QED) is 0.916. The topological polar surface area (TPSA) is 53.2 Å². The second kappa shape index (κ2) is 4.31. The Morgan fingerprint density at radius 3 is 2.95 bits per heavy atom. The van der Waals surface area contributed by atoms with E-state index in [1.807, 2.05) is 0 Å². The minimum Gasteiger partial charge on any atom is -0.358 e. The fraction of sp³-hybridized carbons (Fsp3) is 0.385. The van der Waals surface area contributed by atoms with Crippen LogP contribution in [0.15, 0.2) is 18.2 Å². The summed E-state index contributed by atoms with van der Waals surface area (Å²) in [6.45, 7) is 2.51. The van der Waals surface area contributed by atoms with E-state index < -0.39 is 10.0 Å². The van der Waals surface area contributed by atoms with Crippen molar-refractivity contribution < 1.29 is 12.8 Å². The highest BCUT2D eigenvalue weighted by Gasteiger charge is 2.27. The minimum atomic E-state index is -3.17. The molecule has 102 valence electrons. The van der Waals surface area contributed by atoms with Crippen LogP contribution in [-0.2, 0) is 23.0 Å². The lowest BCUT2D eigenvalue weighted by Gasteiger charge is -2.25. The summed E-state index contributed by atoms with van der Waals surface area (Å²) in [6.07, 6.45) is 0.644. The van der Waals surface area contributed by atoms with Crippen LogP contribution in [0, 0.1) is 5.82 Å². The van der Waals surface area contributed by atoms with Crippen LogP contribution in [0.4, 0.5) is 4.39 Å². The van der Waals surface area contributed by atoms with Gasteiger partial charge in [0, 0.05) is 36.1 Å². The Balaban J connectivity index is 2.07. The molecule has 2 aromatic rings. The zero-order valence-electron chi connectivity index (χ0n) is 10.6. The molecule has 3 rings (SSSR count). The van der Waals surface area contributed by atoms with E-state index in [1.54, 1.807) is 13.0 Å². The largest absolute Gasteiger partial charge is 0.358 e. The van der Waals surface area contributed by atoms with Gasteiger partial charge in [0.15, 0.2) is 0 Å². The van der Waals surface area contributed by atoms with Crippen molar-refractivity contribution >= 4 is 20.9 Å². The van der Waals surface area contributed by atoms with Crippen LogP contribution in [0.25, 0.3) is 10.9 Å². The summed E-state index contributed by atoms with van der Waals surface area (Å²) in [7, 11) is -3.17. The van der Waals surface area contributed by atoms with Gasteiger partial charge in [-0.1, -0.05) is 0 Å². The molecule has 2 heterocycles. The van der Waals surface area contributed by atoms with Gasteiger partial charge in [0.25, 0.3) is 0 Å². The average Bonchev–Trinajstić information content (AvgIpc) is 2.74. The maximum Gasteiger partial charge on any atom is 0.214 e. The lowest BCUT2D eigenvalue weighted by atomic mass is 10.1. The van der Waals surface area contributed by atoms with Crippen molar-refractivity contribution in [3.8, 4) is 0 Å². The standard InChI is InChI=1S/C13H15FN2O2S/c1-2-19(17,18)16-6-5-12-11(8-16)10-4-3-9(14)7-13(10)15-12/h3-4,7,15H,2,5-6,8H2,1H3. The van der Waals surface area contributed by atoms with Crippen molar-refractivity contribution in [1.29, 1.82) is 0 Å². The highest BCUT2D eigenvalue weighted by molar-refractivity contribution is 7.89. The lowest BCUT2D eigenvalue weighted by Crippen LogP contribution is -2.36. The summed E-state index contributed by atoms with van der Waals surface area (Å²) >= 11 is 0. The molecule has 6 heteroatoms. The molecule has 0 fully saturated rings. The minimum absolute atomic E-state index is 0.110. The molecule has 1 aliphatic rings. The predicted octanol–water partition coefficient (Wildman–Crippen LogP) is 2.01. The van der Waals surface area contributed by atoms with E-state index in [0.717, 1.165) is 22.2 Å². The van der Waals surface area contributed by atoms with Crippen LogP contribution in [0.2, 0.25) is 0 Å². The summed E-state index contributed by atoms with van der Waals surface area (Å²) in [6, 6.07) is 4.57. The number of sulfonamides is 1. The van der Waals surface area contributed by atoms with Crippen LogP contribution < -0.4 is 0 Å². The molecule has 1 aliphatic heterocycles. The van der Waals surface area contributed by atoms with Crippen LogP contribution >= 0.6 is 0 Å². The van der Waals surface area contributed by atoms with Crippen LogP contribution in [-0.4, -0.2) is 30.0 Å². The van der Waals surface area contributed by atoms with Gasteiger partial charge in [-0.3, -0.25) is 0 Å². The first-order valence-electron chi connectivity index (χ1n) is 6.28. The van der Waals surface area contributed by atoms with E-state index in [9.17, 15) is 12.8 Å². The van der Waals surface area contributed by atoms with Gasteiger partial charge in [0.1, 0.15) is 5.82 Å². The Hall–Kier alpha value is -1.40. The van der Waals surface area contributed by atoms with Crippen molar-refractivity contribution in [1.82, 2.24) is 9.29 Å². The van der Waals surface area contributed by atoms with Gasteiger partial charge in [-0.2, -0.15) is 4.31 Å². The zero-order valence-corrected chi connectivity index (χ0v) is 11.4. The van der Waals surface area contributed by atoms with Gasteiger partial charge in [0.2, 0.25) is 10.0 Å². The van der Waals surface area contributed by atoms with Crippen LogP contribution in [0.3, 0.4) is 0 Å². The highest BCUT2D eigenvalue weighted by atomic mass is 32.2. The monoisotopic (exact) mass is 282 g/mol. The number of rotatable bonds is 2. The molecule has 0 unspecified atom stereocenters. The Labute approximate surface area is 111 Å². The summed E-state index contributed by atoms with van der Waals surface area (Å²) in [5.41, 5.74) is 2.72. The fourth-order valence-electron chi connectivity index (χ4n) is 2.59. The molecular formula is C13H15FN2O2S. The molecule has 0 aliphatic carbocycles. The predicted molar refractivity (Wildman–Crippen MR) is 71.8 cm³/mol. The molecule has 0 radical (unpaired) electrons. The van der Waals surface area contributed by atoms with Crippen molar-refractivity contribution in [2.45, 2.75) is 19.9 Å². The third-order valence-electron chi connectivity index (χ3n) is 3.66. The second-order valence-electron chi connectivity index (χ2n) is 4.76. The van der Waals surface area contributed by atoms with E-state index in [-0.39, 0.29) is 11.6 Å². The first kappa shape index (κ1) is 12.6. The summed E-state index contributed by atoms with van der Waals surface area (Å²) in [4.78, 5) is 3.19. The van der Waals surface area contributed by atoms with E-state index in [0.29, 0.717) is 19.5 Å². The Morgan fingerprint density at radius 1 is 1.42 bits per heavy atom. The number of nitrogens with zero attached hydrogens (tertiary/aromatic N) is 1. The summed E-state index contributed by atoms with van der Waals surface area (Å²) < 4.78 is 38.6. The molecule has 0 spiro atoms. The van der Waals surface area contributed by atoms with E-state index in [2.05, 4.69) is 4.98 Å². The molecule has 4 nitrogen and oxygen atoms in total. The van der Waals surface area contributed by atoms with Crippen LogP contribution in [0.5, 0.6) is 0 Å². The lowest BCUT2D eigenvalue weighted by molar-refractivity contribution is 0.392. The number of nitrogens with one attached hydrogen (secondary N) is 1. The van der Waals surface area contributed by atoms with Crippen molar-refractivity contribution in [2.75, 3.05) is 12.3 Å². The summed E-state index contributed by atoms with van der Waals surface area (Å²) in [5, 5.41) is 0.910. The SMILES string of the molecule is CCS(=O)(=O)N1CCc2[nH]c3cc(F)ccc3c2C1. The molecule has 1 aromatic heterocycles. The molecule has 0 saturated heterocycles. The average molecular weight is 282 g/mol.